The molecule has 1 aliphatic rings. The number of aromatic nitrogens is 2. The van der Waals surface area contributed by atoms with E-state index >= 15 is 0 Å². The van der Waals surface area contributed by atoms with Crippen LogP contribution in [0.25, 0.3) is 5.69 Å². The molecule has 0 aliphatic carbocycles. The molecule has 3 rings (SSSR count). The van der Waals surface area contributed by atoms with Crippen molar-refractivity contribution in [3.8, 4) is 5.69 Å². The molecule has 0 atom stereocenters. The molecular weight excluding hydrogens is 316 g/mol. The van der Waals surface area contributed by atoms with Crippen LogP contribution in [-0.4, -0.2) is 35.7 Å². The third-order valence-corrected chi connectivity index (χ3v) is 4.28. The summed E-state index contributed by atoms with van der Waals surface area (Å²) in [5, 5.41) is 6.93. The van der Waals surface area contributed by atoms with Gasteiger partial charge in [-0.1, -0.05) is 0 Å². The van der Waals surface area contributed by atoms with Crippen LogP contribution < -0.4 is 15.6 Å². The smallest absolute Gasteiger partial charge is 0.211 e. The highest BCUT2D eigenvalue weighted by atomic mass is 16.1. The van der Waals surface area contributed by atoms with Crippen LogP contribution in [0.1, 0.15) is 29.8 Å². The minimum absolute atomic E-state index is 0.0888. The summed E-state index contributed by atoms with van der Waals surface area (Å²) in [5.74, 6) is -0.418. The molecule has 1 aromatic heterocycles. The van der Waals surface area contributed by atoms with Gasteiger partial charge in [-0.3, -0.25) is 9.59 Å². The summed E-state index contributed by atoms with van der Waals surface area (Å²) in [4.78, 5) is 26.3. The molecule has 25 heavy (non-hydrogen) atoms. The van der Waals surface area contributed by atoms with Gasteiger partial charge in [0.1, 0.15) is 0 Å². The van der Waals surface area contributed by atoms with E-state index in [4.69, 9.17) is 0 Å². The van der Waals surface area contributed by atoms with E-state index in [0.29, 0.717) is 0 Å². The van der Waals surface area contributed by atoms with Crippen molar-refractivity contribution in [2.75, 3.05) is 25.0 Å². The van der Waals surface area contributed by atoms with Crippen LogP contribution in [0.5, 0.6) is 0 Å². The number of anilines is 1. The van der Waals surface area contributed by atoms with Gasteiger partial charge in [-0.2, -0.15) is 5.10 Å². The molecule has 6 nitrogen and oxygen atoms in total. The number of hydrogen-bond donors (Lipinski definition) is 1. The predicted octanol–water partition coefficient (Wildman–Crippen LogP) is 2.14. The van der Waals surface area contributed by atoms with Gasteiger partial charge in [0.05, 0.1) is 5.69 Å². The number of hydrogen-bond acceptors (Lipinski definition) is 5. The van der Waals surface area contributed by atoms with Crippen molar-refractivity contribution in [2.24, 2.45) is 0 Å². The number of allylic oxidation sites excluding steroid dienone is 1. The number of carbonyl (C=O) groups excluding carboxylic acids is 1. The number of piperidine rings is 1. The van der Waals surface area contributed by atoms with E-state index in [0.717, 1.165) is 18.8 Å². The maximum absolute atomic E-state index is 12.1. The molecule has 6 heteroatoms. The minimum Gasteiger partial charge on any atom is -0.394 e. The highest BCUT2D eigenvalue weighted by Gasteiger charge is 2.12. The summed E-state index contributed by atoms with van der Waals surface area (Å²) >= 11 is 0. The molecule has 1 N–H and O–H groups in total. The van der Waals surface area contributed by atoms with E-state index < -0.39 is 5.78 Å². The van der Waals surface area contributed by atoms with Gasteiger partial charge < -0.3 is 10.2 Å². The molecular formula is C19H22N4O2. The van der Waals surface area contributed by atoms with E-state index in [9.17, 15) is 9.59 Å². The quantitative estimate of drug-likeness (QED) is 0.668. The van der Waals surface area contributed by atoms with Crippen LogP contribution >= 0.6 is 0 Å². The van der Waals surface area contributed by atoms with E-state index in [1.165, 1.54) is 43.3 Å². The summed E-state index contributed by atoms with van der Waals surface area (Å²) < 4.78 is 1.56. The second kappa shape index (κ2) is 7.79. The van der Waals surface area contributed by atoms with Gasteiger partial charge in [-0.25, -0.2) is 4.68 Å². The molecule has 0 saturated carbocycles. The molecule has 1 fully saturated rings. The molecule has 0 unspecified atom stereocenters. The van der Waals surface area contributed by atoms with Gasteiger partial charge in [0.15, 0.2) is 5.69 Å². The van der Waals surface area contributed by atoms with E-state index in [1.54, 1.807) is 17.9 Å². The molecule has 0 radical (unpaired) electrons. The first-order valence-corrected chi connectivity index (χ1v) is 8.52. The zero-order valence-corrected chi connectivity index (χ0v) is 14.3. The first-order chi connectivity index (χ1) is 12.2. The molecule has 1 saturated heterocycles. The average molecular weight is 338 g/mol. The fraction of sp³-hybridized carbons (Fsp3) is 0.316. The summed E-state index contributed by atoms with van der Waals surface area (Å²) in [5.41, 5.74) is 1.53. The number of benzene rings is 1. The Morgan fingerprint density at radius 2 is 1.76 bits per heavy atom. The lowest BCUT2D eigenvalue weighted by Gasteiger charge is -2.28. The number of nitrogens with zero attached hydrogens (tertiary/aromatic N) is 3. The molecule has 2 aromatic rings. The second-order valence-corrected chi connectivity index (χ2v) is 6.02. The third-order valence-electron chi connectivity index (χ3n) is 4.28. The van der Waals surface area contributed by atoms with E-state index in [1.807, 2.05) is 12.1 Å². The van der Waals surface area contributed by atoms with Gasteiger partial charge >= 0.3 is 0 Å². The molecule has 2 heterocycles. The largest absolute Gasteiger partial charge is 0.394 e. The molecule has 0 amide bonds. The topological polar surface area (TPSA) is 67.2 Å². The zero-order valence-electron chi connectivity index (χ0n) is 14.3. The number of nitrogens with one attached hydrogen (secondary N) is 1. The number of ketones is 1. The molecule has 130 valence electrons. The summed E-state index contributed by atoms with van der Waals surface area (Å²) in [6.45, 7) is 2.18. The van der Waals surface area contributed by atoms with Crippen molar-refractivity contribution >= 4 is 11.5 Å². The Bertz CT molecular complexity index is 818. The summed E-state index contributed by atoms with van der Waals surface area (Å²) in [7, 11) is 1.68. The normalized spacial score (nSPS) is 14.7. The number of rotatable bonds is 5. The Kier molecular flexibility index (Phi) is 5.28. The van der Waals surface area contributed by atoms with Crippen LogP contribution in [-0.2, 0) is 0 Å². The SMILES string of the molecule is CN/C=C/C(=O)c1nn(-c2ccc(N3CCCCC3)cc2)ccc1=O. The van der Waals surface area contributed by atoms with Crippen molar-refractivity contribution in [1.82, 2.24) is 15.1 Å². The minimum atomic E-state index is -0.418. The van der Waals surface area contributed by atoms with Crippen molar-refractivity contribution in [3.63, 3.8) is 0 Å². The van der Waals surface area contributed by atoms with Gasteiger partial charge in [0.2, 0.25) is 11.2 Å². The standard InChI is InChI=1S/C19H22N4O2/c1-20-11-9-17(24)19-18(25)10-14-23(21-19)16-7-5-15(6-8-16)22-12-3-2-4-13-22/h5-11,14,20H,2-4,12-13H2,1H3/b11-9+. The Morgan fingerprint density at radius 3 is 2.44 bits per heavy atom. The Morgan fingerprint density at radius 1 is 1.08 bits per heavy atom. The fourth-order valence-electron chi connectivity index (χ4n) is 2.93. The highest BCUT2D eigenvalue weighted by molar-refractivity contribution is 6.02. The van der Waals surface area contributed by atoms with Gasteiger partial charge in [0, 0.05) is 50.4 Å². The number of carbonyl (C=O) groups is 1. The average Bonchev–Trinajstić information content (AvgIpc) is 2.67. The first-order valence-electron chi connectivity index (χ1n) is 8.52. The first kappa shape index (κ1) is 17.0. The second-order valence-electron chi connectivity index (χ2n) is 6.02. The van der Waals surface area contributed by atoms with Crippen molar-refractivity contribution in [3.05, 3.63) is 64.7 Å². The highest BCUT2D eigenvalue weighted by Crippen LogP contribution is 2.21. The summed E-state index contributed by atoms with van der Waals surface area (Å²) in [6, 6.07) is 9.40. The lowest BCUT2D eigenvalue weighted by atomic mass is 10.1. The van der Waals surface area contributed by atoms with Crippen LogP contribution in [0.15, 0.2) is 53.6 Å². The Balaban J connectivity index is 1.85. The van der Waals surface area contributed by atoms with Crippen molar-refractivity contribution in [1.29, 1.82) is 0 Å². The van der Waals surface area contributed by atoms with Crippen molar-refractivity contribution in [2.45, 2.75) is 19.3 Å². The van der Waals surface area contributed by atoms with Gasteiger partial charge in [-0.05, 0) is 43.5 Å². The van der Waals surface area contributed by atoms with Crippen LogP contribution in [0.2, 0.25) is 0 Å². The van der Waals surface area contributed by atoms with Crippen LogP contribution in [0.3, 0.4) is 0 Å². The molecule has 1 aliphatic heterocycles. The molecule has 1 aromatic carbocycles. The van der Waals surface area contributed by atoms with Crippen molar-refractivity contribution < 1.29 is 4.79 Å². The maximum atomic E-state index is 12.1. The van der Waals surface area contributed by atoms with Crippen LogP contribution in [0.4, 0.5) is 5.69 Å². The Labute approximate surface area is 146 Å². The monoisotopic (exact) mass is 338 g/mol. The van der Waals surface area contributed by atoms with Gasteiger partial charge in [0.25, 0.3) is 0 Å². The van der Waals surface area contributed by atoms with E-state index in [-0.39, 0.29) is 11.1 Å². The van der Waals surface area contributed by atoms with Crippen LogP contribution in [0, 0.1) is 0 Å². The lowest BCUT2D eigenvalue weighted by molar-refractivity contribution is 0.103. The van der Waals surface area contributed by atoms with E-state index in [2.05, 4.69) is 27.4 Å². The maximum Gasteiger partial charge on any atom is 0.211 e. The zero-order chi connectivity index (χ0) is 17.6. The fourth-order valence-corrected chi connectivity index (χ4v) is 2.93. The molecule has 0 spiro atoms. The predicted molar refractivity (Wildman–Crippen MR) is 98.4 cm³/mol. The molecule has 0 bridgehead atoms. The third kappa shape index (κ3) is 3.96. The lowest BCUT2D eigenvalue weighted by Crippen LogP contribution is -2.29. The van der Waals surface area contributed by atoms with Gasteiger partial charge in [-0.15, -0.1) is 0 Å². The Hall–Kier alpha value is -2.89. The summed E-state index contributed by atoms with van der Waals surface area (Å²) in [6.07, 6.45) is 8.12.